The number of amides is 1. The first-order valence-electron chi connectivity index (χ1n) is 6.85. The van der Waals surface area contributed by atoms with Gasteiger partial charge in [-0.1, -0.05) is 25.8 Å². The van der Waals surface area contributed by atoms with Gasteiger partial charge < -0.3 is 5.32 Å². The zero-order valence-corrected chi connectivity index (χ0v) is 12.4. The highest BCUT2D eigenvalue weighted by Crippen LogP contribution is 2.31. The number of primary sulfonamides is 1. The first-order valence-corrected chi connectivity index (χ1v) is 8.40. The Morgan fingerprint density at radius 2 is 2.10 bits per heavy atom. The summed E-state index contributed by atoms with van der Waals surface area (Å²) in [5, 5.41) is 8.00. The van der Waals surface area contributed by atoms with Crippen LogP contribution in [0.15, 0.2) is 23.1 Å². The van der Waals surface area contributed by atoms with Crippen LogP contribution in [0.25, 0.3) is 0 Å². The van der Waals surface area contributed by atoms with E-state index in [0.29, 0.717) is 24.1 Å². The van der Waals surface area contributed by atoms with Crippen LogP contribution in [0.4, 0.5) is 0 Å². The molecule has 1 fully saturated rings. The third-order valence-corrected chi connectivity index (χ3v) is 4.54. The zero-order chi connectivity index (χ0) is 14.8. The summed E-state index contributed by atoms with van der Waals surface area (Å²) in [6.07, 6.45) is 4.03. The van der Waals surface area contributed by atoms with Crippen LogP contribution in [0.5, 0.6) is 0 Å². The van der Waals surface area contributed by atoms with E-state index in [4.69, 9.17) is 5.14 Å². The summed E-state index contributed by atoms with van der Waals surface area (Å²) in [6, 6.07) is 4.65. The summed E-state index contributed by atoms with van der Waals surface area (Å²) >= 11 is 0. The molecule has 5 nitrogen and oxygen atoms in total. The summed E-state index contributed by atoms with van der Waals surface area (Å²) in [5.41, 5.74) is 0.962. The third-order valence-electron chi connectivity index (χ3n) is 3.55. The van der Waals surface area contributed by atoms with Crippen molar-refractivity contribution in [2.75, 3.05) is 6.54 Å². The van der Waals surface area contributed by atoms with Gasteiger partial charge in [-0.25, -0.2) is 13.6 Å². The minimum absolute atomic E-state index is 0.0369. The molecule has 0 saturated heterocycles. The molecule has 3 N–H and O–H groups in total. The lowest BCUT2D eigenvalue weighted by Crippen LogP contribution is -2.25. The van der Waals surface area contributed by atoms with Crippen LogP contribution < -0.4 is 10.5 Å². The van der Waals surface area contributed by atoms with Gasteiger partial charge in [-0.15, -0.1) is 0 Å². The van der Waals surface area contributed by atoms with Gasteiger partial charge in [-0.2, -0.15) is 0 Å². The average molecular weight is 296 g/mol. The van der Waals surface area contributed by atoms with Gasteiger partial charge in [0.25, 0.3) is 5.91 Å². The molecule has 1 aromatic carbocycles. The fourth-order valence-corrected chi connectivity index (χ4v) is 3.02. The fourth-order valence-electron chi connectivity index (χ4n) is 2.15. The number of nitrogens with two attached hydrogens (primary N) is 1. The smallest absolute Gasteiger partial charge is 0.251 e. The molecule has 1 aliphatic rings. The van der Waals surface area contributed by atoms with Crippen molar-refractivity contribution in [3.63, 3.8) is 0 Å². The van der Waals surface area contributed by atoms with Gasteiger partial charge in [0.15, 0.2) is 0 Å². The van der Waals surface area contributed by atoms with E-state index in [2.05, 4.69) is 5.32 Å². The van der Waals surface area contributed by atoms with Gasteiger partial charge in [-0.05, 0) is 36.5 Å². The van der Waals surface area contributed by atoms with Gasteiger partial charge in [0.1, 0.15) is 0 Å². The lowest BCUT2D eigenvalue weighted by atomic mass is 10.1. The Labute approximate surface area is 119 Å². The average Bonchev–Trinajstić information content (AvgIpc) is 3.21. The lowest BCUT2D eigenvalue weighted by molar-refractivity contribution is 0.0952. The summed E-state index contributed by atoms with van der Waals surface area (Å²) in [7, 11) is -3.81. The highest BCUT2D eigenvalue weighted by atomic mass is 32.2. The number of carbonyl (C=O) groups is 1. The second-order valence-electron chi connectivity index (χ2n) is 5.21. The Morgan fingerprint density at radius 1 is 1.40 bits per heavy atom. The highest BCUT2D eigenvalue weighted by Gasteiger charge is 2.21. The van der Waals surface area contributed by atoms with Gasteiger partial charge >= 0.3 is 0 Å². The second-order valence-corrected chi connectivity index (χ2v) is 6.74. The number of carbonyl (C=O) groups excluding carboxylic acids is 1. The van der Waals surface area contributed by atoms with E-state index >= 15 is 0 Å². The molecular weight excluding hydrogens is 276 g/mol. The van der Waals surface area contributed by atoms with E-state index < -0.39 is 10.0 Å². The number of sulfonamides is 1. The molecule has 20 heavy (non-hydrogen) atoms. The molecular formula is C14H20N2O3S. The summed E-state index contributed by atoms with van der Waals surface area (Å²) in [5.74, 6) is 0.496. The Bertz CT molecular complexity index is 607. The minimum Gasteiger partial charge on any atom is -0.352 e. The molecule has 0 spiro atoms. The summed E-state index contributed by atoms with van der Waals surface area (Å²) < 4.78 is 23.1. The summed E-state index contributed by atoms with van der Waals surface area (Å²) in [6.45, 7) is 2.48. The Hall–Kier alpha value is -1.40. The first-order chi connectivity index (χ1) is 9.41. The van der Waals surface area contributed by atoms with Crippen LogP contribution in [0.1, 0.15) is 42.1 Å². The Balaban J connectivity index is 2.12. The van der Waals surface area contributed by atoms with Crippen molar-refractivity contribution in [1.82, 2.24) is 5.32 Å². The molecule has 0 heterocycles. The highest BCUT2D eigenvalue weighted by molar-refractivity contribution is 7.89. The van der Waals surface area contributed by atoms with Crippen LogP contribution in [-0.4, -0.2) is 20.9 Å². The largest absolute Gasteiger partial charge is 0.352 e. The molecule has 110 valence electrons. The number of aryl methyl sites for hydroxylation is 1. The number of hydrogen-bond acceptors (Lipinski definition) is 3. The maximum atomic E-state index is 12.0. The van der Waals surface area contributed by atoms with E-state index in [0.717, 1.165) is 12.3 Å². The molecule has 0 atom stereocenters. The van der Waals surface area contributed by atoms with Crippen molar-refractivity contribution in [3.05, 3.63) is 29.3 Å². The van der Waals surface area contributed by atoms with Gasteiger partial charge in [0.2, 0.25) is 10.0 Å². The predicted octanol–water partition coefficient (Wildman–Crippen LogP) is 1.43. The number of benzene rings is 1. The minimum atomic E-state index is -3.81. The Morgan fingerprint density at radius 3 is 2.65 bits per heavy atom. The molecule has 0 unspecified atom stereocenters. The number of hydrogen-bond donors (Lipinski definition) is 2. The van der Waals surface area contributed by atoms with Crippen LogP contribution in [-0.2, 0) is 16.4 Å². The zero-order valence-electron chi connectivity index (χ0n) is 11.6. The monoisotopic (exact) mass is 296 g/mol. The third kappa shape index (κ3) is 3.80. The molecule has 1 saturated carbocycles. The van der Waals surface area contributed by atoms with Crippen LogP contribution >= 0.6 is 0 Å². The molecule has 0 radical (unpaired) electrons. The molecule has 0 aromatic heterocycles. The van der Waals surface area contributed by atoms with Crippen LogP contribution in [0, 0.1) is 5.92 Å². The maximum Gasteiger partial charge on any atom is 0.251 e. The second kappa shape index (κ2) is 5.93. The topological polar surface area (TPSA) is 89.3 Å². The quantitative estimate of drug-likeness (QED) is 0.832. The van der Waals surface area contributed by atoms with Crippen molar-refractivity contribution in [2.45, 2.75) is 37.5 Å². The van der Waals surface area contributed by atoms with E-state index in [1.165, 1.54) is 18.9 Å². The van der Waals surface area contributed by atoms with E-state index in [1.807, 2.05) is 6.92 Å². The first kappa shape index (κ1) is 15.0. The SMILES string of the molecule is CCc1ccc(C(=O)NCCC2CC2)cc1S(N)(=O)=O. The lowest BCUT2D eigenvalue weighted by Gasteiger charge is -2.09. The fraction of sp³-hybridized carbons (Fsp3) is 0.500. The van der Waals surface area contributed by atoms with Crippen LogP contribution in [0.3, 0.4) is 0 Å². The number of rotatable bonds is 6. The summed E-state index contributed by atoms with van der Waals surface area (Å²) in [4.78, 5) is 12.0. The van der Waals surface area contributed by atoms with Crippen LogP contribution in [0.2, 0.25) is 0 Å². The van der Waals surface area contributed by atoms with E-state index in [9.17, 15) is 13.2 Å². The van der Waals surface area contributed by atoms with Gasteiger partial charge in [-0.3, -0.25) is 4.79 Å². The molecule has 1 aromatic rings. The van der Waals surface area contributed by atoms with Crippen molar-refractivity contribution in [3.8, 4) is 0 Å². The maximum absolute atomic E-state index is 12.0. The Kier molecular flexibility index (Phi) is 4.45. The normalized spacial score (nSPS) is 15.1. The number of nitrogens with one attached hydrogen (secondary N) is 1. The standard InChI is InChI=1S/C14H20N2O3S/c1-2-11-5-6-12(9-13(11)20(15,18)19)14(17)16-8-7-10-3-4-10/h5-6,9-10H,2-4,7-8H2,1H3,(H,16,17)(H2,15,18,19). The van der Waals surface area contributed by atoms with E-state index in [1.54, 1.807) is 12.1 Å². The molecule has 2 rings (SSSR count). The molecule has 1 aliphatic carbocycles. The molecule has 0 bridgehead atoms. The van der Waals surface area contributed by atoms with Crippen molar-refractivity contribution < 1.29 is 13.2 Å². The van der Waals surface area contributed by atoms with Crippen molar-refractivity contribution in [2.24, 2.45) is 11.1 Å². The van der Waals surface area contributed by atoms with E-state index in [-0.39, 0.29) is 10.8 Å². The predicted molar refractivity (Wildman–Crippen MR) is 76.9 cm³/mol. The molecule has 0 aliphatic heterocycles. The van der Waals surface area contributed by atoms with Crippen molar-refractivity contribution in [1.29, 1.82) is 0 Å². The molecule has 1 amide bonds. The van der Waals surface area contributed by atoms with Gasteiger partial charge in [0.05, 0.1) is 4.90 Å². The van der Waals surface area contributed by atoms with Gasteiger partial charge in [0, 0.05) is 12.1 Å². The molecule has 6 heteroatoms. The van der Waals surface area contributed by atoms with Crippen molar-refractivity contribution >= 4 is 15.9 Å².